The van der Waals surface area contributed by atoms with Crippen molar-refractivity contribution in [3.8, 4) is 5.75 Å². The van der Waals surface area contributed by atoms with Crippen molar-refractivity contribution in [1.29, 1.82) is 0 Å². The molecule has 0 aliphatic carbocycles. The van der Waals surface area contributed by atoms with Crippen LogP contribution in [0, 0.1) is 5.82 Å². The highest BCUT2D eigenvalue weighted by Crippen LogP contribution is 2.25. The number of aliphatic carboxylic acids is 1. The topological polar surface area (TPSA) is 46.5 Å². The van der Waals surface area contributed by atoms with E-state index in [0.29, 0.717) is 11.3 Å². The third kappa shape index (κ3) is 4.81. The minimum Gasteiger partial charge on any atom is -0.478 e. The summed E-state index contributed by atoms with van der Waals surface area (Å²) in [5.74, 6) is -0.888. The molecule has 122 valence electrons. The first-order chi connectivity index (χ1) is 10.8. The number of benzene rings is 2. The zero-order chi connectivity index (χ0) is 17.0. The number of hydrogen-bond acceptors (Lipinski definition) is 2. The van der Waals surface area contributed by atoms with Gasteiger partial charge in [-0.1, -0.05) is 45.0 Å². The monoisotopic (exact) mass is 316 g/mol. The van der Waals surface area contributed by atoms with Crippen LogP contribution < -0.4 is 4.74 Å². The van der Waals surface area contributed by atoms with E-state index in [0.717, 1.165) is 5.56 Å². The molecule has 0 saturated heterocycles. The van der Waals surface area contributed by atoms with Crippen molar-refractivity contribution in [1.82, 2.24) is 0 Å². The lowest BCUT2D eigenvalue weighted by molar-refractivity contribution is -0.145. The highest BCUT2D eigenvalue weighted by atomic mass is 19.1. The third-order valence-corrected chi connectivity index (χ3v) is 3.61. The summed E-state index contributed by atoms with van der Waals surface area (Å²) in [6, 6.07) is 13.2. The van der Waals surface area contributed by atoms with Gasteiger partial charge in [-0.25, -0.2) is 9.18 Å². The molecule has 0 radical (unpaired) electrons. The Hall–Kier alpha value is -2.36. The molecule has 4 heteroatoms. The highest BCUT2D eigenvalue weighted by molar-refractivity contribution is 5.73. The molecule has 0 unspecified atom stereocenters. The van der Waals surface area contributed by atoms with Gasteiger partial charge in [0.15, 0.2) is 6.10 Å². The van der Waals surface area contributed by atoms with Crippen molar-refractivity contribution in [2.75, 3.05) is 0 Å². The maximum atomic E-state index is 12.9. The molecule has 0 aromatic heterocycles. The standard InChI is InChI=1S/C19H21FO3/c1-19(2,3)14-6-10-16(11-7-14)23-17(18(21)22)12-13-4-8-15(20)9-5-13/h4-11,17H,12H2,1-3H3,(H,21,22)/t17-/m1/s1. The Labute approximate surface area is 135 Å². The average molecular weight is 316 g/mol. The summed E-state index contributed by atoms with van der Waals surface area (Å²) >= 11 is 0. The maximum Gasteiger partial charge on any atom is 0.345 e. The van der Waals surface area contributed by atoms with E-state index in [9.17, 15) is 14.3 Å². The Morgan fingerprint density at radius 3 is 2.13 bits per heavy atom. The molecule has 1 N–H and O–H groups in total. The first kappa shape index (κ1) is 17.0. The minimum atomic E-state index is -1.05. The number of rotatable bonds is 5. The van der Waals surface area contributed by atoms with Crippen molar-refractivity contribution in [2.45, 2.75) is 38.7 Å². The lowest BCUT2D eigenvalue weighted by Gasteiger charge is -2.20. The number of carbonyl (C=O) groups is 1. The van der Waals surface area contributed by atoms with E-state index < -0.39 is 12.1 Å². The minimum absolute atomic E-state index is 0.0266. The molecule has 0 fully saturated rings. The van der Waals surface area contributed by atoms with Gasteiger partial charge in [-0.15, -0.1) is 0 Å². The van der Waals surface area contributed by atoms with Crippen LogP contribution in [0.2, 0.25) is 0 Å². The molecule has 0 aliphatic heterocycles. The summed E-state index contributed by atoms with van der Waals surface area (Å²) in [7, 11) is 0. The van der Waals surface area contributed by atoms with Crippen LogP contribution >= 0.6 is 0 Å². The molecule has 0 spiro atoms. The van der Waals surface area contributed by atoms with Crippen LogP contribution in [0.1, 0.15) is 31.9 Å². The lowest BCUT2D eigenvalue weighted by Crippen LogP contribution is -2.29. The number of carboxylic acids is 1. The first-order valence-corrected chi connectivity index (χ1v) is 7.50. The first-order valence-electron chi connectivity index (χ1n) is 7.50. The normalized spacial score (nSPS) is 12.7. The van der Waals surface area contributed by atoms with E-state index >= 15 is 0 Å². The zero-order valence-corrected chi connectivity index (χ0v) is 13.5. The van der Waals surface area contributed by atoms with E-state index in [1.54, 1.807) is 24.3 Å². The number of halogens is 1. The molecule has 0 bridgehead atoms. The van der Waals surface area contributed by atoms with Crippen LogP contribution in [0.3, 0.4) is 0 Å². The summed E-state index contributed by atoms with van der Waals surface area (Å²) in [5, 5.41) is 9.34. The smallest absolute Gasteiger partial charge is 0.345 e. The van der Waals surface area contributed by atoms with Crippen LogP contribution in [0.5, 0.6) is 5.75 Å². The van der Waals surface area contributed by atoms with Gasteiger partial charge in [0.2, 0.25) is 0 Å². The van der Waals surface area contributed by atoms with E-state index in [2.05, 4.69) is 20.8 Å². The van der Waals surface area contributed by atoms with Crippen molar-refractivity contribution >= 4 is 5.97 Å². The summed E-state index contributed by atoms with van der Waals surface area (Å²) in [4.78, 5) is 11.4. The Morgan fingerprint density at radius 2 is 1.65 bits per heavy atom. The van der Waals surface area contributed by atoms with Crippen LogP contribution in [0.4, 0.5) is 4.39 Å². The van der Waals surface area contributed by atoms with Gasteiger partial charge < -0.3 is 9.84 Å². The molecule has 2 aromatic carbocycles. The molecule has 0 saturated carbocycles. The van der Waals surface area contributed by atoms with Crippen molar-refractivity contribution in [3.05, 3.63) is 65.5 Å². The van der Waals surface area contributed by atoms with Gasteiger partial charge in [-0.2, -0.15) is 0 Å². The van der Waals surface area contributed by atoms with Crippen molar-refractivity contribution < 1.29 is 19.0 Å². The average Bonchev–Trinajstić information content (AvgIpc) is 2.48. The molecule has 0 amide bonds. The summed E-state index contributed by atoms with van der Waals surface area (Å²) < 4.78 is 18.5. The number of carboxylic acid groups (broad SMARTS) is 1. The van der Waals surface area contributed by atoms with Gasteiger partial charge in [0, 0.05) is 6.42 Å². The van der Waals surface area contributed by atoms with Crippen molar-refractivity contribution in [3.63, 3.8) is 0 Å². The van der Waals surface area contributed by atoms with Gasteiger partial charge in [0.05, 0.1) is 0 Å². The number of hydrogen-bond donors (Lipinski definition) is 1. The highest BCUT2D eigenvalue weighted by Gasteiger charge is 2.21. The predicted molar refractivity (Wildman–Crippen MR) is 87.3 cm³/mol. The summed E-state index contributed by atoms with van der Waals surface area (Å²) in [6.45, 7) is 6.33. The molecule has 2 rings (SSSR count). The van der Waals surface area contributed by atoms with Gasteiger partial charge in [-0.05, 0) is 40.8 Å². The van der Waals surface area contributed by atoms with E-state index in [-0.39, 0.29) is 17.7 Å². The Bertz CT molecular complexity index is 655. The predicted octanol–water partition coefficient (Wildman–Crippen LogP) is 4.20. The van der Waals surface area contributed by atoms with Gasteiger partial charge in [0.25, 0.3) is 0 Å². The number of ether oxygens (including phenoxy) is 1. The van der Waals surface area contributed by atoms with E-state index in [1.165, 1.54) is 12.1 Å². The Balaban J connectivity index is 2.10. The van der Waals surface area contributed by atoms with E-state index in [1.807, 2.05) is 12.1 Å². The molecule has 1 atom stereocenters. The largest absolute Gasteiger partial charge is 0.478 e. The summed E-state index contributed by atoms with van der Waals surface area (Å²) in [6.07, 6.45) is -0.836. The molecule has 2 aromatic rings. The van der Waals surface area contributed by atoms with Crippen molar-refractivity contribution in [2.24, 2.45) is 0 Å². The van der Waals surface area contributed by atoms with E-state index in [4.69, 9.17) is 4.74 Å². The van der Waals surface area contributed by atoms with Gasteiger partial charge in [0.1, 0.15) is 11.6 Å². The molecule has 0 heterocycles. The van der Waals surface area contributed by atoms with Crippen LogP contribution in [-0.2, 0) is 16.6 Å². The second-order valence-corrected chi connectivity index (χ2v) is 6.55. The fourth-order valence-electron chi connectivity index (χ4n) is 2.21. The second kappa shape index (κ2) is 6.82. The molecule has 3 nitrogen and oxygen atoms in total. The van der Waals surface area contributed by atoms with Gasteiger partial charge in [-0.3, -0.25) is 0 Å². The Morgan fingerprint density at radius 1 is 1.09 bits per heavy atom. The molecular weight excluding hydrogens is 295 g/mol. The summed E-state index contributed by atoms with van der Waals surface area (Å²) in [5.41, 5.74) is 1.89. The molecule has 23 heavy (non-hydrogen) atoms. The second-order valence-electron chi connectivity index (χ2n) is 6.55. The zero-order valence-electron chi connectivity index (χ0n) is 13.5. The van der Waals surface area contributed by atoms with Crippen LogP contribution in [-0.4, -0.2) is 17.2 Å². The van der Waals surface area contributed by atoms with Gasteiger partial charge >= 0.3 is 5.97 Å². The maximum absolute atomic E-state index is 12.9. The fraction of sp³-hybridized carbons (Fsp3) is 0.316. The Kier molecular flexibility index (Phi) is 5.04. The SMILES string of the molecule is CC(C)(C)c1ccc(O[C@H](Cc2ccc(F)cc2)C(=O)O)cc1. The van der Waals surface area contributed by atoms with Crippen LogP contribution in [0.15, 0.2) is 48.5 Å². The fourth-order valence-corrected chi connectivity index (χ4v) is 2.21. The quantitative estimate of drug-likeness (QED) is 0.899. The molecular formula is C19H21FO3. The lowest BCUT2D eigenvalue weighted by atomic mass is 9.87. The third-order valence-electron chi connectivity index (χ3n) is 3.61. The van der Waals surface area contributed by atoms with Crippen LogP contribution in [0.25, 0.3) is 0 Å². The molecule has 0 aliphatic rings.